The van der Waals surface area contributed by atoms with E-state index in [4.69, 9.17) is 4.74 Å². The molecule has 27 heavy (non-hydrogen) atoms. The number of carboxylic acid groups (broad SMARTS) is 1. The molecule has 5 heteroatoms. The van der Waals surface area contributed by atoms with Gasteiger partial charge in [0.05, 0.1) is 5.54 Å². The molecule has 2 aromatic rings. The number of ether oxygens (including phenoxy) is 1. The highest BCUT2D eigenvalue weighted by Crippen LogP contribution is 2.29. The minimum absolute atomic E-state index is 0.298. The van der Waals surface area contributed by atoms with Gasteiger partial charge >= 0.3 is 6.09 Å². The van der Waals surface area contributed by atoms with Crippen LogP contribution in [0.5, 0.6) is 5.75 Å². The maximum Gasteiger partial charge on any atom is 0.408 e. The fraction of sp³-hybridized carbons (Fsp3) is 0.409. The molecule has 1 N–H and O–H groups in total. The highest BCUT2D eigenvalue weighted by Gasteiger charge is 2.37. The highest BCUT2D eigenvalue weighted by molar-refractivity contribution is 9.10. The topological polar surface area (TPSA) is 49.8 Å². The molecule has 0 saturated carbocycles. The van der Waals surface area contributed by atoms with E-state index in [-0.39, 0.29) is 0 Å². The number of rotatable bonds is 8. The van der Waals surface area contributed by atoms with Gasteiger partial charge in [-0.05, 0) is 55.5 Å². The first-order valence-electron chi connectivity index (χ1n) is 9.15. The van der Waals surface area contributed by atoms with Crippen LogP contribution in [0.2, 0.25) is 0 Å². The summed E-state index contributed by atoms with van der Waals surface area (Å²) in [5, 5.41) is 9.94. The van der Waals surface area contributed by atoms with Gasteiger partial charge in [-0.1, -0.05) is 60.1 Å². The fourth-order valence-electron chi connectivity index (χ4n) is 3.39. The molecule has 1 unspecified atom stereocenters. The fourth-order valence-corrected chi connectivity index (χ4v) is 3.87. The summed E-state index contributed by atoms with van der Waals surface area (Å²) < 4.78 is 7.09. The molecule has 146 valence electrons. The van der Waals surface area contributed by atoms with Crippen LogP contribution in [0, 0.1) is 12.8 Å². The minimum atomic E-state index is -0.932. The van der Waals surface area contributed by atoms with Gasteiger partial charge in [0.15, 0.2) is 0 Å². The predicted octanol–water partition coefficient (Wildman–Crippen LogP) is 6.12. The zero-order valence-electron chi connectivity index (χ0n) is 16.4. The third-order valence-electron chi connectivity index (χ3n) is 4.59. The Balaban J connectivity index is 2.26. The molecule has 0 saturated heterocycles. The summed E-state index contributed by atoms with van der Waals surface area (Å²) in [6, 6.07) is 15.5. The van der Waals surface area contributed by atoms with Crippen molar-refractivity contribution in [2.45, 2.75) is 46.2 Å². The lowest BCUT2D eigenvalue weighted by molar-refractivity contribution is 0.0335. The van der Waals surface area contributed by atoms with Crippen molar-refractivity contribution in [1.82, 2.24) is 4.90 Å². The zero-order chi connectivity index (χ0) is 20.0. The van der Waals surface area contributed by atoms with Crippen LogP contribution in [-0.2, 0) is 6.54 Å². The third kappa shape index (κ3) is 5.99. The smallest absolute Gasteiger partial charge is 0.408 e. The molecule has 2 rings (SSSR count). The van der Waals surface area contributed by atoms with E-state index in [2.05, 4.69) is 29.8 Å². The van der Waals surface area contributed by atoms with E-state index in [1.54, 1.807) is 0 Å². The van der Waals surface area contributed by atoms with Crippen LogP contribution in [0.1, 0.15) is 38.3 Å². The Morgan fingerprint density at radius 1 is 1.22 bits per heavy atom. The van der Waals surface area contributed by atoms with Crippen molar-refractivity contribution in [3.05, 3.63) is 64.1 Å². The second kappa shape index (κ2) is 9.27. The molecule has 0 fully saturated rings. The summed E-state index contributed by atoms with van der Waals surface area (Å²) >= 11 is 3.46. The number of benzene rings is 2. The van der Waals surface area contributed by atoms with Gasteiger partial charge in [0.1, 0.15) is 12.4 Å². The van der Waals surface area contributed by atoms with Crippen LogP contribution in [0.25, 0.3) is 0 Å². The SMILES string of the molecule is Cc1cc(Br)ccc1OCC(C)(CC(C)C)N(Cc1ccccc1)C(=O)O. The van der Waals surface area contributed by atoms with Gasteiger partial charge in [0, 0.05) is 11.0 Å². The Morgan fingerprint density at radius 2 is 1.89 bits per heavy atom. The van der Waals surface area contributed by atoms with Gasteiger partial charge in [0.25, 0.3) is 0 Å². The average Bonchev–Trinajstić information content (AvgIpc) is 2.59. The van der Waals surface area contributed by atoms with E-state index in [9.17, 15) is 9.90 Å². The molecule has 0 aliphatic heterocycles. The summed E-state index contributed by atoms with van der Waals surface area (Å²) in [7, 11) is 0. The van der Waals surface area contributed by atoms with Crippen molar-refractivity contribution in [3.8, 4) is 5.75 Å². The number of aryl methyl sites for hydroxylation is 1. The summed E-state index contributed by atoms with van der Waals surface area (Å²) in [5.74, 6) is 1.11. The lowest BCUT2D eigenvalue weighted by atomic mass is 9.89. The Kier molecular flexibility index (Phi) is 7.31. The molecular weight excluding hydrogens is 406 g/mol. The van der Waals surface area contributed by atoms with E-state index in [1.165, 1.54) is 4.90 Å². The Hall–Kier alpha value is -2.01. The van der Waals surface area contributed by atoms with Crippen molar-refractivity contribution >= 4 is 22.0 Å². The lowest BCUT2D eigenvalue weighted by Crippen LogP contribution is -2.53. The normalized spacial score (nSPS) is 13.3. The van der Waals surface area contributed by atoms with Crippen LogP contribution in [0.3, 0.4) is 0 Å². The Morgan fingerprint density at radius 3 is 2.44 bits per heavy atom. The molecular formula is C22H28BrNO3. The summed E-state index contributed by atoms with van der Waals surface area (Å²) in [6.45, 7) is 8.79. The summed E-state index contributed by atoms with van der Waals surface area (Å²) in [4.78, 5) is 13.6. The van der Waals surface area contributed by atoms with Crippen molar-refractivity contribution in [1.29, 1.82) is 0 Å². The van der Waals surface area contributed by atoms with Crippen molar-refractivity contribution < 1.29 is 14.6 Å². The molecule has 2 aromatic carbocycles. The first-order valence-corrected chi connectivity index (χ1v) is 9.94. The second-order valence-corrected chi connectivity index (χ2v) is 8.56. The standard InChI is InChI=1S/C22H28BrNO3/c1-16(2)13-22(4,15-27-20-11-10-19(23)12-17(20)3)24(21(25)26)14-18-8-6-5-7-9-18/h5-12,16H,13-15H2,1-4H3,(H,25,26). The van der Waals surface area contributed by atoms with Gasteiger partial charge in [-0.15, -0.1) is 0 Å². The number of amides is 1. The van der Waals surface area contributed by atoms with Gasteiger partial charge in [-0.2, -0.15) is 0 Å². The van der Waals surface area contributed by atoms with Crippen LogP contribution in [-0.4, -0.2) is 28.2 Å². The number of carbonyl (C=O) groups is 1. The van der Waals surface area contributed by atoms with Crippen LogP contribution in [0.15, 0.2) is 53.0 Å². The maximum absolute atomic E-state index is 12.1. The van der Waals surface area contributed by atoms with Crippen molar-refractivity contribution in [3.63, 3.8) is 0 Å². The molecule has 1 amide bonds. The predicted molar refractivity (Wildman–Crippen MR) is 112 cm³/mol. The molecule has 0 aliphatic rings. The van der Waals surface area contributed by atoms with Crippen LogP contribution < -0.4 is 4.74 Å². The van der Waals surface area contributed by atoms with E-state index in [0.29, 0.717) is 25.5 Å². The zero-order valence-corrected chi connectivity index (χ0v) is 18.0. The number of halogens is 1. The van der Waals surface area contributed by atoms with Crippen molar-refractivity contribution in [2.24, 2.45) is 5.92 Å². The van der Waals surface area contributed by atoms with Crippen LogP contribution in [0.4, 0.5) is 4.79 Å². The number of hydrogen-bond acceptors (Lipinski definition) is 2. The minimum Gasteiger partial charge on any atom is -0.491 e. The van der Waals surface area contributed by atoms with E-state index < -0.39 is 11.6 Å². The first-order chi connectivity index (χ1) is 12.7. The van der Waals surface area contributed by atoms with E-state index in [1.807, 2.05) is 62.4 Å². The molecule has 4 nitrogen and oxygen atoms in total. The summed E-state index contributed by atoms with van der Waals surface area (Å²) in [5.41, 5.74) is 1.34. The average molecular weight is 434 g/mol. The Labute approximate surface area is 170 Å². The van der Waals surface area contributed by atoms with E-state index >= 15 is 0 Å². The monoisotopic (exact) mass is 433 g/mol. The van der Waals surface area contributed by atoms with Gasteiger partial charge in [0.2, 0.25) is 0 Å². The molecule has 0 bridgehead atoms. The van der Waals surface area contributed by atoms with Crippen LogP contribution >= 0.6 is 15.9 Å². The molecule has 1 atom stereocenters. The first kappa shape index (κ1) is 21.3. The quantitative estimate of drug-likeness (QED) is 0.545. The van der Waals surface area contributed by atoms with Crippen molar-refractivity contribution in [2.75, 3.05) is 6.61 Å². The highest BCUT2D eigenvalue weighted by atomic mass is 79.9. The lowest BCUT2D eigenvalue weighted by Gasteiger charge is -2.40. The summed E-state index contributed by atoms with van der Waals surface area (Å²) in [6.07, 6.45) is -0.222. The molecule has 0 spiro atoms. The maximum atomic E-state index is 12.1. The van der Waals surface area contributed by atoms with Gasteiger partial charge < -0.3 is 9.84 Å². The number of hydrogen-bond donors (Lipinski definition) is 1. The van der Waals surface area contributed by atoms with Gasteiger partial charge in [-0.25, -0.2) is 4.79 Å². The molecule has 0 radical (unpaired) electrons. The van der Waals surface area contributed by atoms with E-state index in [0.717, 1.165) is 21.3 Å². The van der Waals surface area contributed by atoms with Gasteiger partial charge in [-0.3, -0.25) is 4.90 Å². The molecule has 0 aromatic heterocycles. The largest absolute Gasteiger partial charge is 0.491 e. The third-order valence-corrected chi connectivity index (χ3v) is 5.08. The Bertz CT molecular complexity index is 763. The molecule has 0 heterocycles. The molecule has 0 aliphatic carbocycles. The number of nitrogens with zero attached hydrogens (tertiary/aromatic N) is 1. The second-order valence-electron chi connectivity index (χ2n) is 7.65.